The molecular weight excluding hydrogens is 370 g/mol. The maximum absolute atomic E-state index is 12.8. The number of amides is 1. The minimum Gasteiger partial charge on any atom is -0.325 e. The number of thioether (sulfide) groups is 1. The van der Waals surface area contributed by atoms with Crippen molar-refractivity contribution in [1.29, 1.82) is 0 Å². The number of carbonyl (C=O) groups is 1. The molecule has 0 saturated carbocycles. The Hall–Kier alpha value is -2.67. The summed E-state index contributed by atoms with van der Waals surface area (Å²) in [5, 5.41) is 15.3. The van der Waals surface area contributed by atoms with E-state index in [1.807, 2.05) is 46.8 Å². The Morgan fingerprint density at radius 1 is 1.00 bits per heavy atom. The summed E-state index contributed by atoms with van der Waals surface area (Å²) in [6, 6.07) is 10.2. The molecule has 0 aliphatic carbocycles. The van der Waals surface area contributed by atoms with E-state index < -0.39 is 0 Å². The van der Waals surface area contributed by atoms with E-state index in [0.717, 1.165) is 28.1 Å². The molecule has 1 atom stereocenters. The van der Waals surface area contributed by atoms with Crippen LogP contribution in [0, 0.1) is 34.6 Å². The largest absolute Gasteiger partial charge is 0.325 e. The maximum Gasteiger partial charge on any atom is 0.237 e. The van der Waals surface area contributed by atoms with Crippen molar-refractivity contribution in [2.24, 2.45) is 0 Å². The van der Waals surface area contributed by atoms with Crippen LogP contribution in [0.25, 0.3) is 5.69 Å². The van der Waals surface area contributed by atoms with Crippen molar-refractivity contribution >= 4 is 23.4 Å². The van der Waals surface area contributed by atoms with E-state index in [4.69, 9.17) is 0 Å². The van der Waals surface area contributed by atoms with Gasteiger partial charge in [-0.15, -0.1) is 5.10 Å². The summed E-state index contributed by atoms with van der Waals surface area (Å²) in [6.45, 7) is 12.0. The van der Waals surface area contributed by atoms with Crippen LogP contribution in [0.5, 0.6) is 0 Å². The van der Waals surface area contributed by atoms with Crippen LogP contribution >= 0.6 is 11.8 Å². The molecule has 0 saturated heterocycles. The first-order valence-electron chi connectivity index (χ1n) is 9.17. The number of hydrogen-bond acceptors (Lipinski definition) is 5. The molecule has 7 heteroatoms. The smallest absolute Gasteiger partial charge is 0.237 e. The average molecular weight is 396 g/mol. The minimum absolute atomic E-state index is 0.0739. The fourth-order valence-corrected chi connectivity index (χ4v) is 4.06. The number of hydrogen-bond donors (Lipinski definition) is 1. The molecule has 2 aromatic carbocycles. The molecule has 3 aromatic rings. The molecular formula is C21H25N5OS. The highest BCUT2D eigenvalue weighted by molar-refractivity contribution is 8.00. The van der Waals surface area contributed by atoms with Gasteiger partial charge in [0.05, 0.1) is 10.9 Å². The molecule has 0 unspecified atom stereocenters. The lowest BCUT2D eigenvalue weighted by atomic mass is 10.1. The second-order valence-electron chi connectivity index (χ2n) is 7.19. The van der Waals surface area contributed by atoms with Gasteiger partial charge in [-0.3, -0.25) is 4.79 Å². The molecule has 0 aliphatic rings. The molecule has 0 aliphatic heterocycles. The zero-order valence-electron chi connectivity index (χ0n) is 17.1. The lowest BCUT2D eigenvalue weighted by molar-refractivity contribution is -0.115. The molecule has 1 aromatic heterocycles. The fraction of sp³-hybridized carbons (Fsp3) is 0.333. The predicted molar refractivity (Wildman–Crippen MR) is 113 cm³/mol. The Balaban J connectivity index is 1.78. The van der Waals surface area contributed by atoms with Crippen LogP contribution in [0.3, 0.4) is 0 Å². The molecule has 146 valence electrons. The highest BCUT2D eigenvalue weighted by Crippen LogP contribution is 2.27. The minimum atomic E-state index is -0.351. The van der Waals surface area contributed by atoms with Gasteiger partial charge in [-0.2, -0.15) is 4.68 Å². The SMILES string of the molecule is Cc1ccc(-n2nnnc2S[C@H](C)C(=O)Nc2c(C)cc(C)cc2C)c(C)c1. The summed E-state index contributed by atoms with van der Waals surface area (Å²) < 4.78 is 1.69. The van der Waals surface area contributed by atoms with Crippen LogP contribution in [0.4, 0.5) is 5.69 Å². The van der Waals surface area contributed by atoms with Crippen LogP contribution in [-0.2, 0) is 4.79 Å². The zero-order chi connectivity index (χ0) is 20.4. The lowest BCUT2D eigenvalue weighted by Crippen LogP contribution is -2.24. The molecule has 1 amide bonds. The summed E-state index contributed by atoms with van der Waals surface area (Å²) in [5.74, 6) is -0.0739. The number of benzene rings is 2. The second kappa shape index (κ2) is 8.14. The maximum atomic E-state index is 12.8. The van der Waals surface area contributed by atoms with Crippen molar-refractivity contribution in [2.45, 2.75) is 51.9 Å². The number of nitrogens with one attached hydrogen (secondary N) is 1. The number of rotatable bonds is 5. The van der Waals surface area contributed by atoms with Gasteiger partial charge in [0.15, 0.2) is 0 Å². The Labute approximate surface area is 169 Å². The van der Waals surface area contributed by atoms with Crippen molar-refractivity contribution < 1.29 is 4.79 Å². The van der Waals surface area contributed by atoms with Gasteiger partial charge in [0, 0.05) is 5.69 Å². The topological polar surface area (TPSA) is 72.7 Å². The lowest BCUT2D eigenvalue weighted by Gasteiger charge is -2.16. The number of aromatic nitrogens is 4. The van der Waals surface area contributed by atoms with Gasteiger partial charge in [0.25, 0.3) is 0 Å². The average Bonchev–Trinajstić information content (AvgIpc) is 3.05. The third kappa shape index (κ3) is 4.25. The Kier molecular flexibility index (Phi) is 5.84. The zero-order valence-corrected chi connectivity index (χ0v) is 17.9. The van der Waals surface area contributed by atoms with Gasteiger partial charge in [-0.05, 0) is 74.7 Å². The normalized spacial score (nSPS) is 12.1. The third-order valence-electron chi connectivity index (χ3n) is 4.60. The molecule has 0 bridgehead atoms. The standard InChI is InChI=1S/C21H25N5OS/c1-12-7-8-18(14(3)9-12)26-21(23-24-25-26)28-17(6)20(27)22-19-15(4)10-13(2)11-16(19)5/h7-11,17H,1-6H3,(H,22,27)/t17-/m1/s1. The van der Waals surface area contributed by atoms with E-state index in [0.29, 0.717) is 5.16 Å². The number of tetrazole rings is 1. The van der Waals surface area contributed by atoms with Crippen molar-refractivity contribution in [3.05, 3.63) is 58.1 Å². The summed E-state index contributed by atoms with van der Waals surface area (Å²) in [5.41, 5.74) is 7.35. The molecule has 6 nitrogen and oxygen atoms in total. The van der Waals surface area contributed by atoms with E-state index >= 15 is 0 Å². The summed E-state index contributed by atoms with van der Waals surface area (Å²) in [6.07, 6.45) is 0. The summed E-state index contributed by atoms with van der Waals surface area (Å²) in [4.78, 5) is 12.8. The number of anilines is 1. The van der Waals surface area contributed by atoms with E-state index in [1.54, 1.807) is 4.68 Å². The molecule has 0 spiro atoms. The second-order valence-corrected chi connectivity index (χ2v) is 8.49. The molecule has 0 fully saturated rings. The monoisotopic (exact) mass is 395 g/mol. The highest BCUT2D eigenvalue weighted by atomic mass is 32.2. The first kappa shape index (κ1) is 20.1. The molecule has 3 rings (SSSR count). The van der Waals surface area contributed by atoms with Gasteiger partial charge in [0.2, 0.25) is 11.1 Å². The predicted octanol–water partition coefficient (Wildman–Crippen LogP) is 4.32. The Morgan fingerprint density at radius 3 is 2.29 bits per heavy atom. The van der Waals surface area contributed by atoms with Crippen LogP contribution in [0.1, 0.15) is 34.7 Å². The fourth-order valence-electron chi connectivity index (χ4n) is 3.26. The van der Waals surface area contributed by atoms with Gasteiger partial charge in [-0.25, -0.2) is 0 Å². The highest BCUT2D eigenvalue weighted by Gasteiger charge is 2.21. The van der Waals surface area contributed by atoms with Gasteiger partial charge < -0.3 is 5.32 Å². The van der Waals surface area contributed by atoms with E-state index in [-0.39, 0.29) is 11.2 Å². The number of carbonyl (C=O) groups excluding carboxylic acids is 1. The number of nitrogens with zero attached hydrogens (tertiary/aromatic N) is 4. The Morgan fingerprint density at radius 2 is 1.64 bits per heavy atom. The first-order valence-corrected chi connectivity index (χ1v) is 10.1. The van der Waals surface area contributed by atoms with Gasteiger partial charge in [-0.1, -0.05) is 47.2 Å². The van der Waals surface area contributed by atoms with Crippen molar-refractivity contribution in [3.63, 3.8) is 0 Å². The van der Waals surface area contributed by atoms with Crippen molar-refractivity contribution in [2.75, 3.05) is 5.32 Å². The van der Waals surface area contributed by atoms with E-state index in [2.05, 4.69) is 46.0 Å². The van der Waals surface area contributed by atoms with Crippen LogP contribution in [0.15, 0.2) is 35.5 Å². The van der Waals surface area contributed by atoms with Crippen LogP contribution in [-0.4, -0.2) is 31.4 Å². The van der Waals surface area contributed by atoms with E-state index in [1.165, 1.54) is 22.9 Å². The number of aryl methyl sites for hydroxylation is 5. The quantitative estimate of drug-likeness (QED) is 0.651. The van der Waals surface area contributed by atoms with Crippen molar-refractivity contribution in [1.82, 2.24) is 20.2 Å². The summed E-state index contributed by atoms with van der Waals surface area (Å²) in [7, 11) is 0. The first-order chi connectivity index (χ1) is 13.3. The van der Waals surface area contributed by atoms with Crippen LogP contribution < -0.4 is 5.32 Å². The Bertz CT molecular complexity index is 1000. The third-order valence-corrected chi connectivity index (χ3v) is 5.63. The van der Waals surface area contributed by atoms with E-state index in [9.17, 15) is 4.79 Å². The molecule has 0 radical (unpaired) electrons. The van der Waals surface area contributed by atoms with Crippen molar-refractivity contribution in [3.8, 4) is 5.69 Å². The van der Waals surface area contributed by atoms with Gasteiger partial charge in [0.1, 0.15) is 0 Å². The molecule has 1 heterocycles. The molecule has 28 heavy (non-hydrogen) atoms. The summed E-state index contributed by atoms with van der Waals surface area (Å²) >= 11 is 1.34. The van der Waals surface area contributed by atoms with Crippen LogP contribution in [0.2, 0.25) is 0 Å². The van der Waals surface area contributed by atoms with Gasteiger partial charge >= 0.3 is 0 Å². The molecule has 1 N–H and O–H groups in total.